The molecule has 0 aromatic heterocycles. The number of nitrogens with one attached hydrogen (secondary N) is 1. The molecule has 6 heteroatoms. The summed E-state index contributed by atoms with van der Waals surface area (Å²) >= 11 is 0. The van der Waals surface area contributed by atoms with Crippen LogP contribution in [0.2, 0.25) is 0 Å². The average molecular weight is 266 g/mol. The van der Waals surface area contributed by atoms with Gasteiger partial charge in [-0.05, 0) is 27.2 Å². The standard InChI is InChI=1S/C11H23N3O2.ClH/c1-5-6-11(4,13)9(16)14-7-10(2,3)8(12)15;/h5-7,13H2,1-4H3,(H2,12,15)(H,14,16);1H. The molecule has 102 valence electrons. The highest BCUT2D eigenvalue weighted by Crippen LogP contribution is 2.14. The van der Waals surface area contributed by atoms with Gasteiger partial charge in [0, 0.05) is 6.54 Å². The van der Waals surface area contributed by atoms with E-state index in [2.05, 4.69) is 5.32 Å². The van der Waals surface area contributed by atoms with E-state index >= 15 is 0 Å². The van der Waals surface area contributed by atoms with Crippen LogP contribution in [0, 0.1) is 5.41 Å². The normalized spacial score (nSPS) is 14.4. The van der Waals surface area contributed by atoms with Crippen molar-refractivity contribution < 1.29 is 9.59 Å². The lowest BCUT2D eigenvalue weighted by molar-refractivity contribution is -0.129. The molecule has 0 saturated heterocycles. The molecule has 1 unspecified atom stereocenters. The molecule has 0 fully saturated rings. The van der Waals surface area contributed by atoms with Crippen LogP contribution < -0.4 is 16.8 Å². The first-order valence-electron chi connectivity index (χ1n) is 5.50. The van der Waals surface area contributed by atoms with Crippen LogP contribution >= 0.6 is 12.4 Å². The molecule has 0 bridgehead atoms. The van der Waals surface area contributed by atoms with E-state index in [0.29, 0.717) is 6.42 Å². The summed E-state index contributed by atoms with van der Waals surface area (Å²) in [6.07, 6.45) is 1.44. The Morgan fingerprint density at radius 2 is 1.71 bits per heavy atom. The van der Waals surface area contributed by atoms with Crippen LogP contribution in [0.15, 0.2) is 0 Å². The Hall–Kier alpha value is -0.810. The van der Waals surface area contributed by atoms with E-state index in [0.717, 1.165) is 6.42 Å². The number of primary amides is 1. The van der Waals surface area contributed by atoms with E-state index in [9.17, 15) is 9.59 Å². The molecular formula is C11H24ClN3O2. The number of carbonyl (C=O) groups excluding carboxylic acids is 2. The SMILES string of the molecule is CCCC(C)(N)C(=O)NCC(C)(C)C(N)=O.Cl. The van der Waals surface area contributed by atoms with Gasteiger partial charge in [-0.3, -0.25) is 9.59 Å². The second kappa shape index (κ2) is 6.81. The second-order valence-corrected chi connectivity index (χ2v) is 5.10. The monoisotopic (exact) mass is 265 g/mol. The van der Waals surface area contributed by atoms with Crippen LogP contribution in [0.25, 0.3) is 0 Å². The molecule has 0 saturated carbocycles. The van der Waals surface area contributed by atoms with Crippen LogP contribution in [0.4, 0.5) is 0 Å². The lowest BCUT2D eigenvalue weighted by atomic mass is 9.91. The summed E-state index contributed by atoms with van der Waals surface area (Å²) in [7, 11) is 0. The Morgan fingerprint density at radius 1 is 1.24 bits per heavy atom. The number of halogens is 1. The first-order chi connectivity index (χ1) is 7.13. The number of carbonyl (C=O) groups is 2. The summed E-state index contributed by atoms with van der Waals surface area (Å²) in [5.74, 6) is -0.689. The van der Waals surface area contributed by atoms with Gasteiger partial charge in [-0.15, -0.1) is 12.4 Å². The highest BCUT2D eigenvalue weighted by molar-refractivity contribution is 5.87. The third-order valence-corrected chi connectivity index (χ3v) is 2.65. The molecule has 0 aromatic rings. The highest BCUT2D eigenvalue weighted by Gasteiger charge is 2.30. The number of nitrogens with two attached hydrogens (primary N) is 2. The maximum atomic E-state index is 11.7. The topological polar surface area (TPSA) is 98.2 Å². The van der Waals surface area contributed by atoms with Crippen molar-refractivity contribution in [1.29, 1.82) is 0 Å². The Balaban J connectivity index is 0. The number of hydrogen-bond donors (Lipinski definition) is 3. The molecule has 0 spiro atoms. The fourth-order valence-electron chi connectivity index (χ4n) is 1.22. The minimum absolute atomic E-state index is 0. The van der Waals surface area contributed by atoms with Crippen molar-refractivity contribution in [2.75, 3.05) is 6.54 Å². The second-order valence-electron chi connectivity index (χ2n) is 5.10. The van der Waals surface area contributed by atoms with Crippen LogP contribution in [-0.2, 0) is 9.59 Å². The van der Waals surface area contributed by atoms with Gasteiger partial charge >= 0.3 is 0 Å². The summed E-state index contributed by atoms with van der Waals surface area (Å²) in [6.45, 7) is 7.22. The van der Waals surface area contributed by atoms with Gasteiger partial charge in [0.2, 0.25) is 11.8 Å². The molecule has 5 N–H and O–H groups in total. The Bertz CT molecular complexity index is 278. The van der Waals surface area contributed by atoms with Crippen molar-refractivity contribution >= 4 is 24.2 Å². The van der Waals surface area contributed by atoms with Crippen LogP contribution in [0.3, 0.4) is 0 Å². The molecule has 0 radical (unpaired) electrons. The molecular weight excluding hydrogens is 242 g/mol. The molecule has 5 nitrogen and oxygen atoms in total. The van der Waals surface area contributed by atoms with Crippen molar-refractivity contribution in [3.63, 3.8) is 0 Å². The molecule has 2 amide bonds. The Kier molecular flexibility index (Phi) is 7.43. The minimum Gasteiger partial charge on any atom is -0.369 e. The smallest absolute Gasteiger partial charge is 0.239 e. The number of hydrogen-bond acceptors (Lipinski definition) is 3. The molecule has 0 heterocycles. The third-order valence-electron chi connectivity index (χ3n) is 2.65. The van der Waals surface area contributed by atoms with Crippen LogP contribution in [0.1, 0.15) is 40.5 Å². The fourth-order valence-corrected chi connectivity index (χ4v) is 1.22. The average Bonchev–Trinajstić information content (AvgIpc) is 2.13. The van der Waals surface area contributed by atoms with Crippen molar-refractivity contribution in [2.45, 2.75) is 46.1 Å². The summed E-state index contributed by atoms with van der Waals surface area (Å²) in [5.41, 5.74) is 9.41. The van der Waals surface area contributed by atoms with Crippen molar-refractivity contribution in [3.8, 4) is 0 Å². The van der Waals surface area contributed by atoms with E-state index in [1.54, 1.807) is 20.8 Å². The number of amides is 2. The lowest BCUT2D eigenvalue weighted by Gasteiger charge is -2.26. The van der Waals surface area contributed by atoms with E-state index in [1.165, 1.54) is 0 Å². The minimum atomic E-state index is -0.886. The van der Waals surface area contributed by atoms with Gasteiger partial charge in [0.1, 0.15) is 0 Å². The summed E-state index contributed by atoms with van der Waals surface area (Å²) in [5, 5.41) is 2.66. The zero-order valence-electron chi connectivity index (χ0n) is 11.0. The number of rotatable bonds is 6. The first-order valence-corrected chi connectivity index (χ1v) is 5.50. The van der Waals surface area contributed by atoms with E-state index in [-0.39, 0.29) is 24.9 Å². The Labute approximate surface area is 109 Å². The molecule has 17 heavy (non-hydrogen) atoms. The van der Waals surface area contributed by atoms with Crippen LogP contribution in [0.5, 0.6) is 0 Å². The van der Waals surface area contributed by atoms with Crippen molar-refractivity contribution in [2.24, 2.45) is 16.9 Å². The summed E-state index contributed by atoms with van der Waals surface area (Å²) in [6, 6.07) is 0. The first kappa shape index (κ1) is 18.6. The molecule has 0 aliphatic rings. The zero-order valence-corrected chi connectivity index (χ0v) is 11.8. The Morgan fingerprint density at radius 3 is 2.06 bits per heavy atom. The zero-order chi connectivity index (χ0) is 13.0. The highest BCUT2D eigenvalue weighted by atomic mass is 35.5. The van der Waals surface area contributed by atoms with Gasteiger partial charge in [0.25, 0.3) is 0 Å². The van der Waals surface area contributed by atoms with Gasteiger partial charge in [0.15, 0.2) is 0 Å². The fraction of sp³-hybridized carbons (Fsp3) is 0.818. The molecule has 0 aliphatic carbocycles. The molecule has 1 atom stereocenters. The third kappa shape index (κ3) is 5.89. The summed E-state index contributed by atoms with van der Waals surface area (Å²) in [4.78, 5) is 22.8. The van der Waals surface area contributed by atoms with Gasteiger partial charge in [-0.2, -0.15) is 0 Å². The van der Waals surface area contributed by atoms with Crippen molar-refractivity contribution in [3.05, 3.63) is 0 Å². The lowest BCUT2D eigenvalue weighted by Crippen LogP contribution is -2.54. The molecule has 0 aliphatic heterocycles. The molecule has 0 aromatic carbocycles. The van der Waals surface area contributed by atoms with Gasteiger partial charge in [-0.1, -0.05) is 13.3 Å². The maximum absolute atomic E-state index is 11.7. The predicted octanol–water partition coefficient (Wildman–Crippen LogP) is 0.553. The quantitative estimate of drug-likeness (QED) is 0.654. The van der Waals surface area contributed by atoms with E-state index in [1.807, 2.05) is 6.92 Å². The molecule has 0 rings (SSSR count). The van der Waals surface area contributed by atoms with Crippen LogP contribution in [-0.4, -0.2) is 23.9 Å². The largest absolute Gasteiger partial charge is 0.369 e. The predicted molar refractivity (Wildman–Crippen MR) is 70.7 cm³/mol. The van der Waals surface area contributed by atoms with Gasteiger partial charge in [0.05, 0.1) is 11.0 Å². The maximum Gasteiger partial charge on any atom is 0.239 e. The van der Waals surface area contributed by atoms with Gasteiger partial charge < -0.3 is 16.8 Å². The van der Waals surface area contributed by atoms with E-state index < -0.39 is 16.9 Å². The van der Waals surface area contributed by atoms with Crippen molar-refractivity contribution in [1.82, 2.24) is 5.32 Å². The van der Waals surface area contributed by atoms with E-state index in [4.69, 9.17) is 11.5 Å². The summed E-state index contributed by atoms with van der Waals surface area (Å²) < 4.78 is 0. The van der Waals surface area contributed by atoms with Gasteiger partial charge in [-0.25, -0.2) is 0 Å².